The molecule has 9 nitrogen and oxygen atoms in total. The van der Waals surface area contributed by atoms with Gasteiger partial charge in [0.25, 0.3) is 5.91 Å². The number of aliphatic hydroxyl groups is 1. The predicted octanol–water partition coefficient (Wildman–Crippen LogP) is 3.80. The van der Waals surface area contributed by atoms with Crippen LogP contribution < -0.4 is 16.0 Å². The Morgan fingerprint density at radius 1 is 0.842 bits per heavy atom. The van der Waals surface area contributed by atoms with Crippen LogP contribution in [0.3, 0.4) is 0 Å². The first-order valence-electron chi connectivity index (χ1n) is 11.5. The number of aliphatic imine (C=N–C) groups is 1. The minimum Gasteiger partial charge on any atom is -0.364 e. The van der Waals surface area contributed by atoms with Crippen LogP contribution in [0.2, 0.25) is 10.0 Å². The van der Waals surface area contributed by atoms with Crippen LogP contribution in [0.1, 0.15) is 30.0 Å². The Labute approximate surface area is 227 Å². The molecule has 1 saturated heterocycles. The lowest BCUT2D eigenvalue weighted by Gasteiger charge is -2.33. The number of carbonyl (C=O) groups excluding carboxylic acids is 4. The lowest BCUT2D eigenvalue weighted by Crippen LogP contribution is -2.64. The van der Waals surface area contributed by atoms with Crippen molar-refractivity contribution in [3.8, 4) is 0 Å². The fourth-order valence-corrected chi connectivity index (χ4v) is 4.60. The van der Waals surface area contributed by atoms with Crippen LogP contribution in [0.4, 0.5) is 10.5 Å². The number of aliphatic hydroxyl groups excluding tert-OH is 1. The predicted molar refractivity (Wildman–Crippen MR) is 143 cm³/mol. The number of hydrogen-bond donors (Lipinski definition) is 4. The van der Waals surface area contributed by atoms with Crippen LogP contribution in [-0.2, 0) is 19.8 Å². The molecule has 0 radical (unpaired) electrons. The zero-order valence-electron chi connectivity index (χ0n) is 20.0. The lowest BCUT2D eigenvalue weighted by atomic mass is 9.75. The second kappa shape index (κ2) is 11.1. The van der Waals surface area contributed by atoms with E-state index in [0.29, 0.717) is 44.6 Å². The van der Waals surface area contributed by atoms with Gasteiger partial charge in [0.1, 0.15) is 0 Å². The number of nitrogens with one attached hydrogen (secondary N) is 3. The number of benzene rings is 3. The first-order valence-corrected chi connectivity index (χ1v) is 12.3. The number of rotatable bonds is 3. The van der Waals surface area contributed by atoms with Gasteiger partial charge in [0.05, 0.1) is 11.4 Å². The second-order valence-electron chi connectivity index (χ2n) is 8.37. The molecule has 1 fully saturated rings. The van der Waals surface area contributed by atoms with Gasteiger partial charge in [-0.25, -0.2) is 9.79 Å². The van der Waals surface area contributed by atoms with Gasteiger partial charge in [0.15, 0.2) is 5.41 Å². The van der Waals surface area contributed by atoms with E-state index in [2.05, 4.69) is 20.9 Å². The molecule has 2 aliphatic heterocycles. The van der Waals surface area contributed by atoms with Gasteiger partial charge in [-0.1, -0.05) is 78.7 Å². The SMILES string of the molecule is CCC1(c2ccccc2)C(=O)NC(=O)NC1=O.O=C1Nc2ccc(Cl)cc2C(c2ccccc2Cl)=NC1O. The van der Waals surface area contributed by atoms with Crippen LogP contribution in [0.5, 0.6) is 0 Å². The van der Waals surface area contributed by atoms with E-state index in [9.17, 15) is 24.3 Å². The van der Waals surface area contributed by atoms with E-state index in [4.69, 9.17) is 23.2 Å². The number of anilines is 1. The number of hydrogen-bond acceptors (Lipinski definition) is 6. The van der Waals surface area contributed by atoms with E-state index in [1.54, 1.807) is 79.7 Å². The maximum Gasteiger partial charge on any atom is 0.328 e. The van der Waals surface area contributed by atoms with Crippen molar-refractivity contribution in [3.05, 3.63) is 99.5 Å². The molecule has 0 bridgehead atoms. The summed E-state index contributed by atoms with van der Waals surface area (Å²) >= 11 is 12.2. The third-order valence-electron chi connectivity index (χ3n) is 6.14. The van der Waals surface area contributed by atoms with Crippen molar-refractivity contribution < 1.29 is 24.3 Å². The molecule has 0 aromatic heterocycles. The Bertz CT molecular complexity index is 1440. The molecule has 1 atom stereocenters. The average molecular weight is 553 g/mol. The highest BCUT2D eigenvalue weighted by molar-refractivity contribution is 6.37. The van der Waals surface area contributed by atoms with Crippen molar-refractivity contribution >= 4 is 58.4 Å². The van der Waals surface area contributed by atoms with Crippen molar-refractivity contribution in [1.82, 2.24) is 10.6 Å². The smallest absolute Gasteiger partial charge is 0.328 e. The molecule has 1 unspecified atom stereocenters. The van der Waals surface area contributed by atoms with E-state index >= 15 is 0 Å². The fourth-order valence-electron chi connectivity index (χ4n) is 4.20. The van der Waals surface area contributed by atoms with E-state index < -0.39 is 35.4 Å². The number of barbiturate groups is 1. The normalized spacial score (nSPS) is 18.0. The van der Waals surface area contributed by atoms with Crippen LogP contribution in [0.25, 0.3) is 0 Å². The number of imide groups is 2. The van der Waals surface area contributed by atoms with E-state index in [-0.39, 0.29) is 0 Å². The van der Waals surface area contributed by atoms with Gasteiger partial charge in [-0.05, 0) is 36.2 Å². The van der Waals surface area contributed by atoms with Crippen LogP contribution in [0.15, 0.2) is 77.8 Å². The Kier molecular flexibility index (Phi) is 7.91. The first kappa shape index (κ1) is 27.0. The minimum atomic E-state index is -1.50. The lowest BCUT2D eigenvalue weighted by molar-refractivity contribution is -0.138. The minimum absolute atomic E-state index is 0.294. The van der Waals surface area contributed by atoms with Gasteiger partial charge in [-0.2, -0.15) is 0 Å². The van der Waals surface area contributed by atoms with Crippen molar-refractivity contribution in [2.45, 2.75) is 25.0 Å². The summed E-state index contributed by atoms with van der Waals surface area (Å²) in [6.07, 6.45) is -1.20. The molecule has 3 aromatic carbocycles. The van der Waals surface area contributed by atoms with Crippen molar-refractivity contribution in [2.75, 3.05) is 5.32 Å². The van der Waals surface area contributed by atoms with Crippen molar-refractivity contribution in [1.29, 1.82) is 0 Å². The highest BCUT2D eigenvalue weighted by Gasteiger charge is 2.50. The van der Waals surface area contributed by atoms with Crippen LogP contribution in [0, 0.1) is 0 Å². The number of benzodiazepines with no additional fused rings is 1. The van der Waals surface area contributed by atoms with Gasteiger partial charge >= 0.3 is 6.03 Å². The molecule has 194 valence electrons. The molecule has 0 aliphatic carbocycles. The van der Waals surface area contributed by atoms with Crippen molar-refractivity contribution in [2.24, 2.45) is 4.99 Å². The van der Waals surface area contributed by atoms with E-state index in [0.717, 1.165) is 0 Å². The topological polar surface area (TPSA) is 137 Å². The Morgan fingerprint density at radius 3 is 2.11 bits per heavy atom. The molecule has 5 amide bonds. The Balaban J connectivity index is 0.000000181. The van der Waals surface area contributed by atoms with Gasteiger partial charge in [0.2, 0.25) is 18.0 Å². The van der Waals surface area contributed by atoms with Gasteiger partial charge in [0, 0.05) is 21.2 Å². The molecule has 0 spiro atoms. The summed E-state index contributed by atoms with van der Waals surface area (Å²) in [5.74, 6) is -1.74. The zero-order valence-corrected chi connectivity index (χ0v) is 21.5. The first-order chi connectivity index (χ1) is 18.2. The van der Waals surface area contributed by atoms with Crippen LogP contribution >= 0.6 is 23.2 Å². The third-order valence-corrected chi connectivity index (χ3v) is 6.70. The second-order valence-corrected chi connectivity index (χ2v) is 9.22. The number of amides is 5. The molecule has 3 aromatic rings. The number of nitrogens with zero attached hydrogens (tertiary/aromatic N) is 1. The molecular formula is C27H22Cl2N4O5. The monoisotopic (exact) mass is 552 g/mol. The Morgan fingerprint density at radius 2 is 1.47 bits per heavy atom. The largest absolute Gasteiger partial charge is 0.364 e. The molecule has 2 heterocycles. The number of carbonyl (C=O) groups is 4. The summed E-state index contributed by atoms with van der Waals surface area (Å²) in [5, 5.41) is 17.7. The summed E-state index contributed by atoms with van der Waals surface area (Å²) in [7, 11) is 0. The van der Waals surface area contributed by atoms with Crippen LogP contribution in [-0.4, -0.2) is 40.8 Å². The molecule has 2 aliphatic rings. The standard InChI is InChI=1S/C15H10Cl2N2O2.C12H12N2O3/c16-8-5-6-12-10(7-8)13(19-15(21)14(20)18-12)9-3-1-2-4-11(9)17;1-2-12(8-6-4-3-5-7-8)9(15)13-11(17)14-10(12)16/h1-7,15,21H,(H,18,20);3-7H,2H2,1H3,(H2,13,14,15,16,17). The molecule has 38 heavy (non-hydrogen) atoms. The highest BCUT2D eigenvalue weighted by Crippen LogP contribution is 2.31. The molecule has 11 heteroatoms. The van der Waals surface area contributed by atoms with Gasteiger partial charge < -0.3 is 10.4 Å². The van der Waals surface area contributed by atoms with E-state index in [1.165, 1.54) is 0 Å². The molecule has 4 N–H and O–H groups in total. The Hall–Kier alpha value is -4.05. The highest BCUT2D eigenvalue weighted by atomic mass is 35.5. The number of urea groups is 1. The fraction of sp³-hybridized carbons (Fsp3) is 0.148. The summed E-state index contributed by atoms with van der Waals surface area (Å²) in [6.45, 7) is 1.74. The quantitative estimate of drug-likeness (QED) is 0.366. The molecule has 5 rings (SSSR count). The molecule has 0 saturated carbocycles. The number of halogens is 2. The zero-order chi connectivity index (χ0) is 27.4. The summed E-state index contributed by atoms with van der Waals surface area (Å²) in [5.41, 5.74) is 1.46. The third kappa shape index (κ3) is 5.17. The van der Waals surface area contributed by atoms with E-state index in [1.807, 2.05) is 0 Å². The van der Waals surface area contributed by atoms with Crippen molar-refractivity contribution in [3.63, 3.8) is 0 Å². The summed E-state index contributed by atoms with van der Waals surface area (Å²) < 4.78 is 0. The number of fused-ring (bicyclic) bond motifs is 1. The summed E-state index contributed by atoms with van der Waals surface area (Å²) in [6, 6.07) is 20.0. The molecular weight excluding hydrogens is 531 g/mol. The maximum absolute atomic E-state index is 12.0. The maximum atomic E-state index is 12.0. The average Bonchev–Trinajstić information content (AvgIpc) is 3.01. The van der Waals surface area contributed by atoms with Gasteiger partial charge in [-0.3, -0.25) is 25.0 Å². The summed E-state index contributed by atoms with van der Waals surface area (Å²) in [4.78, 5) is 50.9. The van der Waals surface area contributed by atoms with Gasteiger partial charge in [-0.15, -0.1) is 0 Å².